The Morgan fingerprint density at radius 3 is 2.40 bits per heavy atom. The maximum absolute atomic E-state index is 12.9. The maximum Gasteiger partial charge on any atom is 0.573 e. The van der Waals surface area contributed by atoms with Crippen LogP contribution in [0.4, 0.5) is 32.0 Å². The number of carbonyl (C=O) groups is 1. The molecule has 1 amide bonds. The van der Waals surface area contributed by atoms with Crippen LogP contribution in [0.25, 0.3) is 0 Å². The molecule has 2 N–H and O–H groups in total. The summed E-state index contributed by atoms with van der Waals surface area (Å²) in [6.45, 7) is -0.161. The van der Waals surface area contributed by atoms with E-state index in [-0.39, 0.29) is 35.1 Å². The number of halogens is 7. The highest BCUT2D eigenvalue weighted by atomic mass is 35.5. The van der Waals surface area contributed by atoms with Crippen molar-refractivity contribution < 1.29 is 45.7 Å². The van der Waals surface area contributed by atoms with Crippen LogP contribution >= 0.6 is 11.6 Å². The van der Waals surface area contributed by atoms with Crippen molar-refractivity contribution >= 4 is 23.2 Å². The number of amides is 1. The third-order valence-electron chi connectivity index (χ3n) is 4.54. The molecule has 12 heteroatoms. The summed E-state index contributed by atoms with van der Waals surface area (Å²) in [6.07, 6.45) is -9.49. The molecule has 0 spiro atoms. The van der Waals surface area contributed by atoms with Gasteiger partial charge >= 0.3 is 12.5 Å². The highest BCUT2D eigenvalue weighted by molar-refractivity contribution is 6.31. The summed E-state index contributed by atoms with van der Waals surface area (Å²) in [6, 6.07) is 11.1. The molecule has 0 radical (unpaired) electrons. The highest BCUT2D eigenvalue weighted by Gasteiger charge is 2.32. The van der Waals surface area contributed by atoms with Gasteiger partial charge in [0.25, 0.3) is 5.91 Å². The van der Waals surface area contributed by atoms with E-state index in [0.717, 1.165) is 42.5 Å². The van der Waals surface area contributed by atoms with Gasteiger partial charge in [0, 0.05) is 17.5 Å². The second kappa shape index (κ2) is 10.3. The van der Waals surface area contributed by atoms with Crippen molar-refractivity contribution in [2.75, 3.05) is 11.9 Å². The summed E-state index contributed by atoms with van der Waals surface area (Å²) in [5.74, 6) is -2.08. The number of hydrogen-bond acceptors (Lipinski definition) is 4. The normalized spacial score (nSPS) is 11.7. The number of hydrogen-bond donors (Lipinski definition) is 2. The van der Waals surface area contributed by atoms with Crippen LogP contribution < -0.4 is 14.8 Å². The van der Waals surface area contributed by atoms with Crippen LogP contribution in [0.15, 0.2) is 60.7 Å². The van der Waals surface area contributed by atoms with Gasteiger partial charge < -0.3 is 19.9 Å². The molecule has 0 saturated carbocycles. The summed E-state index contributed by atoms with van der Waals surface area (Å²) in [5.41, 5.74) is -1.01. The number of benzene rings is 3. The van der Waals surface area contributed by atoms with Crippen LogP contribution in [0.3, 0.4) is 0 Å². The highest BCUT2D eigenvalue weighted by Crippen LogP contribution is 2.34. The Balaban J connectivity index is 1.81. The number of nitrogens with one attached hydrogen (secondary N) is 1. The lowest BCUT2D eigenvalue weighted by Gasteiger charge is -2.16. The minimum atomic E-state index is -5.00. The minimum absolute atomic E-state index is 0.0349. The van der Waals surface area contributed by atoms with Gasteiger partial charge in [0.05, 0.1) is 23.4 Å². The molecule has 0 bridgehead atoms. The van der Waals surface area contributed by atoms with Gasteiger partial charge in [-0.1, -0.05) is 29.8 Å². The van der Waals surface area contributed by atoms with Crippen LogP contribution in [0.5, 0.6) is 17.2 Å². The topological polar surface area (TPSA) is 67.8 Å². The van der Waals surface area contributed by atoms with Crippen molar-refractivity contribution in [2.45, 2.75) is 19.0 Å². The van der Waals surface area contributed by atoms with Crippen molar-refractivity contribution in [1.82, 2.24) is 0 Å². The SMILES string of the molecule is O=C(Nc1cc(OC(F)(F)F)ccc1OCCc1cccc(C(F)(F)F)c1)c1cc(Cl)ccc1O. The third-order valence-corrected chi connectivity index (χ3v) is 4.77. The standard InChI is InChI=1S/C23H16ClF6NO4/c24-15-4-6-19(32)17(11-15)21(33)31-18-12-16(35-23(28,29)30)5-7-20(18)34-9-8-13-2-1-3-14(10-13)22(25,26)27/h1-7,10-12,32H,8-9H2,(H,31,33). The van der Waals surface area contributed by atoms with Gasteiger partial charge in [-0.2, -0.15) is 13.2 Å². The number of carbonyl (C=O) groups excluding carboxylic acids is 1. The van der Waals surface area contributed by atoms with E-state index in [1.807, 2.05) is 0 Å². The first-order chi connectivity index (χ1) is 16.3. The molecule has 0 heterocycles. The van der Waals surface area contributed by atoms with E-state index in [1.54, 1.807) is 0 Å². The molecule has 0 aliphatic heterocycles. The van der Waals surface area contributed by atoms with E-state index in [1.165, 1.54) is 18.2 Å². The average Bonchev–Trinajstić information content (AvgIpc) is 2.75. The van der Waals surface area contributed by atoms with Gasteiger partial charge in [-0.25, -0.2) is 0 Å². The first kappa shape index (κ1) is 26.0. The van der Waals surface area contributed by atoms with Crippen LogP contribution in [-0.4, -0.2) is 24.0 Å². The van der Waals surface area contributed by atoms with E-state index in [2.05, 4.69) is 10.1 Å². The van der Waals surface area contributed by atoms with E-state index < -0.39 is 35.5 Å². The summed E-state index contributed by atoms with van der Waals surface area (Å²) in [4.78, 5) is 12.6. The zero-order valence-electron chi connectivity index (χ0n) is 17.5. The molecule has 3 aromatic rings. The maximum atomic E-state index is 12.9. The number of alkyl halides is 6. The molecule has 0 fully saturated rings. The Labute approximate surface area is 199 Å². The second-order valence-electron chi connectivity index (χ2n) is 7.12. The van der Waals surface area contributed by atoms with E-state index in [0.29, 0.717) is 5.56 Å². The number of phenolic OH excluding ortho intramolecular Hbond substituents is 1. The third kappa shape index (κ3) is 7.44. The van der Waals surface area contributed by atoms with E-state index in [9.17, 15) is 36.2 Å². The molecule has 35 heavy (non-hydrogen) atoms. The molecule has 0 aliphatic carbocycles. The molecule has 0 saturated heterocycles. The molecule has 5 nitrogen and oxygen atoms in total. The molecular weight excluding hydrogens is 504 g/mol. The zero-order chi connectivity index (χ0) is 25.8. The Morgan fingerprint density at radius 2 is 1.71 bits per heavy atom. The lowest BCUT2D eigenvalue weighted by atomic mass is 10.1. The molecule has 3 rings (SSSR count). The van der Waals surface area contributed by atoms with Crippen molar-refractivity contribution in [1.29, 1.82) is 0 Å². The fourth-order valence-electron chi connectivity index (χ4n) is 2.99. The predicted molar refractivity (Wildman–Crippen MR) is 115 cm³/mol. The van der Waals surface area contributed by atoms with Crippen LogP contribution in [-0.2, 0) is 12.6 Å². The van der Waals surface area contributed by atoms with Gasteiger partial charge in [-0.05, 0) is 42.0 Å². The largest absolute Gasteiger partial charge is 0.573 e. The number of aromatic hydroxyl groups is 1. The van der Waals surface area contributed by atoms with E-state index in [4.69, 9.17) is 16.3 Å². The predicted octanol–water partition coefficient (Wildman–Crippen LogP) is 6.84. The number of anilines is 1. The Kier molecular flexibility index (Phi) is 7.69. The Hall–Kier alpha value is -3.60. The minimum Gasteiger partial charge on any atom is -0.507 e. The van der Waals surface area contributed by atoms with Crippen molar-refractivity contribution in [3.63, 3.8) is 0 Å². The first-order valence-electron chi connectivity index (χ1n) is 9.80. The first-order valence-corrected chi connectivity index (χ1v) is 10.2. The average molecular weight is 520 g/mol. The van der Waals surface area contributed by atoms with Crippen LogP contribution in [0, 0.1) is 0 Å². The smallest absolute Gasteiger partial charge is 0.507 e. The monoisotopic (exact) mass is 519 g/mol. The van der Waals surface area contributed by atoms with E-state index >= 15 is 0 Å². The lowest BCUT2D eigenvalue weighted by molar-refractivity contribution is -0.274. The molecule has 0 unspecified atom stereocenters. The fourth-order valence-corrected chi connectivity index (χ4v) is 3.16. The van der Waals surface area contributed by atoms with Crippen LogP contribution in [0.1, 0.15) is 21.5 Å². The molecular formula is C23H16ClF6NO4. The summed E-state index contributed by atoms with van der Waals surface area (Å²) in [7, 11) is 0. The number of phenols is 1. The van der Waals surface area contributed by atoms with Crippen LogP contribution in [0.2, 0.25) is 5.02 Å². The number of rotatable bonds is 7. The fraction of sp³-hybridized carbons (Fsp3) is 0.174. The second-order valence-corrected chi connectivity index (χ2v) is 7.55. The molecule has 186 valence electrons. The molecule has 0 atom stereocenters. The summed E-state index contributed by atoms with van der Waals surface area (Å²) >= 11 is 5.83. The molecule has 3 aromatic carbocycles. The zero-order valence-corrected chi connectivity index (χ0v) is 18.3. The van der Waals surface area contributed by atoms with Gasteiger partial charge in [-0.3, -0.25) is 4.79 Å². The molecule has 0 aromatic heterocycles. The Morgan fingerprint density at radius 1 is 0.971 bits per heavy atom. The van der Waals surface area contributed by atoms with Gasteiger partial charge in [0.15, 0.2) is 0 Å². The number of ether oxygens (including phenoxy) is 2. The quantitative estimate of drug-likeness (QED) is 0.336. The summed E-state index contributed by atoms with van der Waals surface area (Å²) < 4.78 is 86.0. The van der Waals surface area contributed by atoms with Gasteiger partial charge in [0.2, 0.25) is 0 Å². The van der Waals surface area contributed by atoms with Crippen molar-refractivity contribution in [3.05, 3.63) is 82.4 Å². The van der Waals surface area contributed by atoms with Crippen molar-refractivity contribution in [3.8, 4) is 17.2 Å². The van der Waals surface area contributed by atoms with Gasteiger partial charge in [-0.15, -0.1) is 13.2 Å². The lowest BCUT2D eigenvalue weighted by Crippen LogP contribution is -2.18. The molecule has 0 aliphatic rings. The Bertz CT molecular complexity index is 1210. The van der Waals surface area contributed by atoms with Crippen molar-refractivity contribution in [2.24, 2.45) is 0 Å². The van der Waals surface area contributed by atoms with Gasteiger partial charge in [0.1, 0.15) is 17.2 Å². The summed E-state index contributed by atoms with van der Waals surface area (Å²) in [5, 5.41) is 12.3.